The number of carbonyl (C=O) groups is 1. The van der Waals surface area contributed by atoms with E-state index in [1.807, 2.05) is 0 Å². The van der Waals surface area contributed by atoms with Crippen molar-refractivity contribution < 1.29 is 9.53 Å². The highest BCUT2D eigenvalue weighted by Crippen LogP contribution is 2.43. The lowest BCUT2D eigenvalue weighted by molar-refractivity contribution is -0.142. The number of allylic oxidation sites excluding steroid dienone is 4. The van der Waals surface area contributed by atoms with Gasteiger partial charge >= 0.3 is 5.97 Å². The van der Waals surface area contributed by atoms with Gasteiger partial charge in [0.1, 0.15) is 0 Å². The largest absolute Gasteiger partial charge is 0.466 e. The van der Waals surface area contributed by atoms with E-state index in [4.69, 9.17) is 4.74 Å². The second-order valence-electron chi connectivity index (χ2n) is 5.55. The predicted molar refractivity (Wildman–Crippen MR) is 79.8 cm³/mol. The zero-order valence-electron chi connectivity index (χ0n) is 12.6. The smallest absolute Gasteiger partial charge is 0.302 e. The number of rotatable bonds is 5. The normalized spacial score (nSPS) is 27.4. The summed E-state index contributed by atoms with van der Waals surface area (Å²) in [4.78, 5) is 10.6. The van der Waals surface area contributed by atoms with Crippen molar-refractivity contribution >= 4 is 5.97 Å². The quantitative estimate of drug-likeness (QED) is 0.415. The number of unbranched alkanes of at least 4 members (excludes halogenated alkanes) is 2. The van der Waals surface area contributed by atoms with Gasteiger partial charge in [0.2, 0.25) is 0 Å². The molecule has 2 rings (SSSR count). The van der Waals surface area contributed by atoms with Crippen molar-refractivity contribution in [3.63, 3.8) is 0 Å². The van der Waals surface area contributed by atoms with Gasteiger partial charge in [0.25, 0.3) is 0 Å². The van der Waals surface area contributed by atoms with E-state index in [0.717, 1.165) is 5.92 Å². The van der Waals surface area contributed by atoms with Crippen LogP contribution in [-0.2, 0) is 9.53 Å². The van der Waals surface area contributed by atoms with Crippen molar-refractivity contribution in [3.8, 4) is 0 Å². The molecule has 0 saturated heterocycles. The molecule has 0 aromatic carbocycles. The average Bonchev–Trinajstić information content (AvgIpc) is 3.00. The maximum absolute atomic E-state index is 10.6. The topological polar surface area (TPSA) is 26.3 Å². The van der Waals surface area contributed by atoms with Crippen molar-refractivity contribution in [2.24, 2.45) is 17.8 Å². The number of hydrogen-bond acceptors (Lipinski definition) is 2. The van der Waals surface area contributed by atoms with Crippen LogP contribution in [-0.4, -0.2) is 12.6 Å². The molecule has 0 aromatic heterocycles. The molecule has 108 valence electrons. The lowest BCUT2D eigenvalue weighted by atomic mass is 9.95. The average molecular weight is 264 g/mol. The Labute approximate surface area is 117 Å². The summed E-state index contributed by atoms with van der Waals surface area (Å²) in [6.07, 6.45) is 15.3. The molecule has 19 heavy (non-hydrogen) atoms. The Morgan fingerprint density at radius 2 is 2.16 bits per heavy atom. The molecule has 2 bridgehead atoms. The van der Waals surface area contributed by atoms with Gasteiger partial charge in [0, 0.05) is 6.92 Å². The lowest BCUT2D eigenvalue weighted by Gasteiger charge is -2.16. The fourth-order valence-corrected chi connectivity index (χ4v) is 2.80. The Morgan fingerprint density at radius 1 is 1.37 bits per heavy atom. The molecule has 0 heterocycles. The number of fused-ring (bicyclic) bond motifs is 2. The van der Waals surface area contributed by atoms with Gasteiger partial charge < -0.3 is 4.74 Å². The summed E-state index contributed by atoms with van der Waals surface area (Å²) in [6.45, 7) is 6.38. The molecule has 3 unspecified atom stereocenters. The number of carbonyl (C=O) groups excluding carboxylic acids is 1. The molecule has 0 spiro atoms. The van der Waals surface area contributed by atoms with E-state index in [9.17, 15) is 4.79 Å². The molecule has 0 radical (unpaired) electrons. The summed E-state index contributed by atoms with van der Waals surface area (Å²) in [7, 11) is 0. The Morgan fingerprint density at radius 3 is 2.63 bits per heavy atom. The Hall–Kier alpha value is -1.05. The molecule has 0 N–H and O–H groups in total. The van der Waals surface area contributed by atoms with Crippen LogP contribution in [0, 0.1) is 17.8 Å². The third-order valence-electron chi connectivity index (χ3n) is 3.88. The number of hydrogen-bond donors (Lipinski definition) is 0. The van der Waals surface area contributed by atoms with E-state index >= 15 is 0 Å². The van der Waals surface area contributed by atoms with Crippen molar-refractivity contribution in [1.29, 1.82) is 0 Å². The van der Waals surface area contributed by atoms with Crippen LogP contribution in [0.15, 0.2) is 24.3 Å². The van der Waals surface area contributed by atoms with Gasteiger partial charge in [0.05, 0.1) is 6.61 Å². The van der Waals surface area contributed by atoms with Crippen molar-refractivity contribution in [1.82, 2.24) is 0 Å². The minimum atomic E-state index is -0.151. The first kappa shape index (κ1) is 16.0. The molecule has 0 aliphatic heterocycles. The monoisotopic (exact) mass is 264 g/mol. The van der Waals surface area contributed by atoms with Crippen LogP contribution in [0.3, 0.4) is 0 Å². The molecular weight excluding hydrogens is 236 g/mol. The minimum absolute atomic E-state index is 0.151. The van der Waals surface area contributed by atoms with E-state index in [2.05, 4.69) is 38.2 Å². The van der Waals surface area contributed by atoms with Crippen molar-refractivity contribution in [2.75, 3.05) is 6.61 Å². The second kappa shape index (κ2) is 8.95. The van der Waals surface area contributed by atoms with E-state index in [0.29, 0.717) is 18.4 Å². The first-order valence-electron chi connectivity index (χ1n) is 7.60. The van der Waals surface area contributed by atoms with Gasteiger partial charge in [0.15, 0.2) is 0 Å². The van der Waals surface area contributed by atoms with E-state index in [-0.39, 0.29) is 5.97 Å². The zero-order chi connectivity index (χ0) is 14.1. The number of ether oxygens (including phenoxy) is 1. The van der Waals surface area contributed by atoms with Crippen LogP contribution in [0.25, 0.3) is 0 Å². The molecule has 0 amide bonds. The first-order chi connectivity index (χ1) is 9.17. The lowest BCUT2D eigenvalue weighted by Crippen LogP contribution is -2.16. The molecule has 2 aliphatic rings. The Balaban J connectivity index is 0.000000224. The fourth-order valence-electron chi connectivity index (χ4n) is 2.80. The molecule has 3 atom stereocenters. The van der Waals surface area contributed by atoms with Crippen LogP contribution >= 0.6 is 0 Å². The van der Waals surface area contributed by atoms with Gasteiger partial charge in [-0.25, -0.2) is 0 Å². The van der Waals surface area contributed by atoms with E-state index in [1.165, 1.54) is 39.0 Å². The molecule has 2 heteroatoms. The summed E-state index contributed by atoms with van der Waals surface area (Å²) in [5.74, 6) is 1.91. The van der Waals surface area contributed by atoms with Gasteiger partial charge in [-0.15, -0.1) is 0 Å². The number of esters is 1. The SMILES string of the molecule is CC(=O)OCC1CC2C=CC1C2.CC=CCCCC. The maximum atomic E-state index is 10.6. The fraction of sp³-hybridized carbons (Fsp3) is 0.706. The van der Waals surface area contributed by atoms with E-state index < -0.39 is 0 Å². The second-order valence-corrected chi connectivity index (χ2v) is 5.55. The molecule has 2 aliphatic carbocycles. The highest BCUT2D eigenvalue weighted by atomic mass is 16.5. The molecule has 2 nitrogen and oxygen atoms in total. The summed E-state index contributed by atoms with van der Waals surface area (Å²) < 4.78 is 5.01. The standard InChI is InChI=1S/C10H14O2.C7H14/c1-7(11)12-6-10-5-8-2-3-9(10)4-8;1-3-5-7-6-4-2/h2-3,8-10H,4-6H2,1H3;3,5H,4,6-7H2,1-2H3. The van der Waals surface area contributed by atoms with Gasteiger partial charge in [-0.3, -0.25) is 4.79 Å². The van der Waals surface area contributed by atoms with Crippen LogP contribution in [0.2, 0.25) is 0 Å². The highest BCUT2D eigenvalue weighted by molar-refractivity contribution is 5.65. The van der Waals surface area contributed by atoms with Gasteiger partial charge in [-0.05, 0) is 43.9 Å². The maximum Gasteiger partial charge on any atom is 0.302 e. The third-order valence-corrected chi connectivity index (χ3v) is 3.88. The van der Waals surface area contributed by atoms with Crippen LogP contribution in [0.4, 0.5) is 0 Å². The summed E-state index contributed by atoms with van der Waals surface area (Å²) in [5, 5.41) is 0. The van der Waals surface area contributed by atoms with Gasteiger partial charge in [-0.2, -0.15) is 0 Å². The van der Waals surface area contributed by atoms with Crippen LogP contribution in [0.1, 0.15) is 52.9 Å². The summed E-state index contributed by atoms with van der Waals surface area (Å²) >= 11 is 0. The highest BCUT2D eigenvalue weighted by Gasteiger charge is 2.35. The van der Waals surface area contributed by atoms with Crippen LogP contribution < -0.4 is 0 Å². The zero-order valence-corrected chi connectivity index (χ0v) is 12.6. The van der Waals surface area contributed by atoms with Crippen molar-refractivity contribution in [2.45, 2.75) is 52.9 Å². The molecule has 0 aromatic rings. The Kier molecular flexibility index (Phi) is 7.54. The molecule has 1 saturated carbocycles. The first-order valence-corrected chi connectivity index (χ1v) is 7.60. The summed E-state index contributed by atoms with van der Waals surface area (Å²) in [5.41, 5.74) is 0. The minimum Gasteiger partial charge on any atom is -0.466 e. The summed E-state index contributed by atoms with van der Waals surface area (Å²) in [6, 6.07) is 0. The van der Waals surface area contributed by atoms with E-state index in [1.54, 1.807) is 0 Å². The van der Waals surface area contributed by atoms with Crippen LogP contribution in [0.5, 0.6) is 0 Å². The van der Waals surface area contributed by atoms with Crippen molar-refractivity contribution in [3.05, 3.63) is 24.3 Å². The Bertz CT molecular complexity index is 317. The predicted octanol–water partition coefficient (Wildman–Crippen LogP) is 4.51. The molecule has 1 fully saturated rings. The third kappa shape index (κ3) is 6.09. The molecular formula is C17H28O2. The van der Waals surface area contributed by atoms with Gasteiger partial charge in [-0.1, -0.05) is 44.1 Å².